The van der Waals surface area contributed by atoms with Gasteiger partial charge in [0, 0.05) is 11.3 Å². The largest absolute Gasteiger partial charge is 0.495 e. The number of anilines is 1. The van der Waals surface area contributed by atoms with Gasteiger partial charge < -0.3 is 19.5 Å². The summed E-state index contributed by atoms with van der Waals surface area (Å²) in [6.45, 7) is 3.63. The van der Waals surface area contributed by atoms with Crippen molar-refractivity contribution in [3.8, 4) is 11.5 Å². The van der Waals surface area contributed by atoms with Crippen molar-refractivity contribution >= 4 is 29.2 Å². The minimum absolute atomic E-state index is 0.293. The molecule has 0 radical (unpaired) electrons. The van der Waals surface area contributed by atoms with E-state index in [0.29, 0.717) is 34.4 Å². The van der Waals surface area contributed by atoms with Crippen LogP contribution in [0.15, 0.2) is 42.5 Å². The number of ether oxygens (including phenoxy) is 3. The number of amides is 1. The molecule has 0 spiro atoms. The zero-order valence-electron chi connectivity index (χ0n) is 14.7. The van der Waals surface area contributed by atoms with Gasteiger partial charge in [0.1, 0.15) is 11.5 Å². The Labute approximate surface area is 157 Å². The van der Waals surface area contributed by atoms with Gasteiger partial charge in [-0.15, -0.1) is 0 Å². The van der Waals surface area contributed by atoms with Crippen LogP contribution in [0.2, 0.25) is 5.02 Å². The van der Waals surface area contributed by atoms with Crippen LogP contribution in [0, 0.1) is 0 Å². The number of nitrogens with one attached hydrogen (secondary N) is 1. The van der Waals surface area contributed by atoms with Crippen LogP contribution >= 0.6 is 11.6 Å². The van der Waals surface area contributed by atoms with Crippen LogP contribution < -0.4 is 14.8 Å². The maximum Gasteiger partial charge on any atom is 0.347 e. The predicted molar refractivity (Wildman–Crippen MR) is 99.1 cm³/mol. The van der Waals surface area contributed by atoms with E-state index < -0.39 is 12.1 Å². The van der Waals surface area contributed by atoms with Crippen molar-refractivity contribution in [2.45, 2.75) is 20.0 Å². The Morgan fingerprint density at radius 1 is 1.15 bits per heavy atom. The molecule has 2 rings (SSSR count). The lowest BCUT2D eigenvalue weighted by atomic mass is 10.2. The molecule has 0 heterocycles. The first-order valence-electron chi connectivity index (χ1n) is 8.02. The minimum atomic E-state index is -0.726. The van der Waals surface area contributed by atoms with Crippen LogP contribution in [0.3, 0.4) is 0 Å². The molecule has 1 amide bonds. The van der Waals surface area contributed by atoms with Crippen LogP contribution in [0.25, 0.3) is 0 Å². The van der Waals surface area contributed by atoms with Gasteiger partial charge in [0.25, 0.3) is 5.91 Å². The van der Waals surface area contributed by atoms with Gasteiger partial charge >= 0.3 is 5.97 Å². The Kier molecular flexibility index (Phi) is 6.86. The lowest BCUT2D eigenvalue weighted by Crippen LogP contribution is -2.26. The van der Waals surface area contributed by atoms with Gasteiger partial charge in [0.15, 0.2) is 6.10 Å². The molecular weight excluding hydrogens is 358 g/mol. The topological polar surface area (TPSA) is 73.9 Å². The van der Waals surface area contributed by atoms with Crippen molar-refractivity contribution in [3.63, 3.8) is 0 Å². The molecule has 7 heteroatoms. The fraction of sp³-hybridized carbons (Fsp3) is 0.263. The molecule has 26 heavy (non-hydrogen) atoms. The molecule has 0 fully saturated rings. The standard InChI is InChI=1S/C19H20ClNO5/c1-4-25-19(23)12(2)26-15-8-5-13(6-9-15)18(22)21-14-7-10-17(24-3)16(20)11-14/h5-12H,4H2,1-3H3,(H,21,22)/t12-/m1/s1. The van der Waals surface area contributed by atoms with Crippen molar-refractivity contribution in [2.75, 3.05) is 19.0 Å². The first-order chi connectivity index (χ1) is 12.4. The Morgan fingerprint density at radius 3 is 2.42 bits per heavy atom. The number of hydrogen-bond donors (Lipinski definition) is 1. The minimum Gasteiger partial charge on any atom is -0.495 e. The normalized spacial score (nSPS) is 11.4. The molecule has 2 aromatic carbocycles. The first-order valence-corrected chi connectivity index (χ1v) is 8.40. The van der Waals surface area contributed by atoms with Crippen LogP contribution in [-0.2, 0) is 9.53 Å². The molecular formula is C19H20ClNO5. The van der Waals surface area contributed by atoms with Gasteiger partial charge in [0.2, 0.25) is 0 Å². The fourth-order valence-corrected chi connectivity index (χ4v) is 2.40. The molecule has 0 aliphatic rings. The Morgan fingerprint density at radius 2 is 1.85 bits per heavy atom. The smallest absolute Gasteiger partial charge is 0.347 e. The van der Waals surface area contributed by atoms with Gasteiger partial charge in [-0.2, -0.15) is 0 Å². The van der Waals surface area contributed by atoms with Gasteiger partial charge in [-0.1, -0.05) is 11.6 Å². The van der Waals surface area contributed by atoms with E-state index in [2.05, 4.69) is 5.32 Å². The molecule has 138 valence electrons. The summed E-state index contributed by atoms with van der Waals surface area (Å²) in [6.07, 6.45) is -0.726. The number of carbonyl (C=O) groups excluding carboxylic acids is 2. The van der Waals surface area contributed by atoms with Crippen molar-refractivity contribution in [1.29, 1.82) is 0 Å². The van der Waals surface area contributed by atoms with Crippen LogP contribution in [0.5, 0.6) is 11.5 Å². The summed E-state index contributed by atoms with van der Waals surface area (Å²) in [4.78, 5) is 23.9. The number of hydrogen-bond acceptors (Lipinski definition) is 5. The second kappa shape index (κ2) is 9.10. The van der Waals surface area contributed by atoms with E-state index in [0.717, 1.165) is 0 Å². The summed E-state index contributed by atoms with van der Waals surface area (Å²) in [7, 11) is 1.52. The van der Waals surface area contributed by atoms with Crippen LogP contribution in [0.4, 0.5) is 5.69 Å². The first kappa shape index (κ1) is 19.6. The highest BCUT2D eigenvalue weighted by atomic mass is 35.5. The SMILES string of the molecule is CCOC(=O)[C@@H](C)Oc1ccc(C(=O)Nc2ccc(OC)c(Cl)c2)cc1. The molecule has 1 atom stereocenters. The summed E-state index contributed by atoms with van der Waals surface area (Å²) in [5.74, 6) is 0.262. The monoisotopic (exact) mass is 377 g/mol. The third-order valence-corrected chi connectivity index (χ3v) is 3.75. The van der Waals surface area contributed by atoms with Crippen molar-refractivity contribution in [1.82, 2.24) is 0 Å². The van der Waals surface area contributed by atoms with E-state index in [-0.39, 0.29) is 5.91 Å². The van der Waals surface area contributed by atoms with E-state index in [9.17, 15) is 9.59 Å². The summed E-state index contributed by atoms with van der Waals surface area (Å²) in [6, 6.07) is 11.4. The number of benzene rings is 2. The molecule has 0 aliphatic heterocycles. The van der Waals surface area contributed by atoms with Crippen LogP contribution in [0.1, 0.15) is 24.2 Å². The van der Waals surface area contributed by atoms with Gasteiger partial charge in [-0.3, -0.25) is 4.79 Å². The molecule has 0 saturated carbocycles. The highest BCUT2D eigenvalue weighted by molar-refractivity contribution is 6.32. The molecule has 2 aromatic rings. The molecule has 6 nitrogen and oxygen atoms in total. The molecule has 1 N–H and O–H groups in total. The maximum atomic E-state index is 12.3. The third kappa shape index (κ3) is 5.13. The van der Waals surface area contributed by atoms with Crippen molar-refractivity contribution < 1.29 is 23.8 Å². The number of rotatable bonds is 7. The number of esters is 1. The van der Waals surface area contributed by atoms with Crippen molar-refractivity contribution in [3.05, 3.63) is 53.1 Å². The maximum absolute atomic E-state index is 12.3. The average Bonchev–Trinajstić information content (AvgIpc) is 2.62. The van der Waals surface area contributed by atoms with E-state index in [1.165, 1.54) is 7.11 Å². The molecule has 0 bridgehead atoms. The second-order valence-corrected chi connectivity index (χ2v) is 5.75. The average molecular weight is 378 g/mol. The quantitative estimate of drug-likeness (QED) is 0.740. The molecule has 0 saturated heterocycles. The molecule has 0 unspecified atom stereocenters. The lowest BCUT2D eigenvalue weighted by molar-refractivity contribution is -0.150. The summed E-state index contributed by atoms with van der Waals surface area (Å²) in [5, 5.41) is 3.16. The zero-order valence-corrected chi connectivity index (χ0v) is 15.5. The highest BCUT2D eigenvalue weighted by Gasteiger charge is 2.16. The summed E-state index contributed by atoms with van der Waals surface area (Å²) < 4.78 is 15.4. The summed E-state index contributed by atoms with van der Waals surface area (Å²) in [5.41, 5.74) is 0.991. The fourth-order valence-electron chi connectivity index (χ4n) is 2.14. The lowest BCUT2D eigenvalue weighted by Gasteiger charge is -2.13. The van der Waals surface area contributed by atoms with E-state index in [4.69, 9.17) is 25.8 Å². The Balaban J connectivity index is 2.00. The van der Waals surface area contributed by atoms with Gasteiger partial charge in [-0.05, 0) is 56.3 Å². The van der Waals surface area contributed by atoms with E-state index in [1.54, 1.807) is 56.3 Å². The number of carbonyl (C=O) groups is 2. The Hall–Kier alpha value is -2.73. The molecule has 0 aliphatic carbocycles. The molecule has 0 aromatic heterocycles. The highest BCUT2D eigenvalue weighted by Crippen LogP contribution is 2.27. The van der Waals surface area contributed by atoms with E-state index >= 15 is 0 Å². The number of methoxy groups -OCH3 is 1. The van der Waals surface area contributed by atoms with Crippen molar-refractivity contribution in [2.24, 2.45) is 0 Å². The third-order valence-electron chi connectivity index (χ3n) is 3.46. The van der Waals surface area contributed by atoms with E-state index in [1.807, 2.05) is 0 Å². The zero-order chi connectivity index (χ0) is 19.1. The van der Waals surface area contributed by atoms with Gasteiger partial charge in [-0.25, -0.2) is 4.79 Å². The van der Waals surface area contributed by atoms with Crippen LogP contribution in [-0.4, -0.2) is 31.7 Å². The Bertz CT molecular complexity index is 776. The second-order valence-electron chi connectivity index (χ2n) is 5.34. The van der Waals surface area contributed by atoms with Gasteiger partial charge in [0.05, 0.1) is 18.7 Å². The number of halogens is 1. The predicted octanol–water partition coefficient (Wildman–Crippen LogP) is 3.93. The summed E-state index contributed by atoms with van der Waals surface area (Å²) >= 11 is 6.05.